The van der Waals surface area contributed by atoms with Gasteiger partial charge in [0, 0.05) is 41.0 Å². The van der Waals surface area contributed by atoms with E-state index in [1.54, 1.807) is 35.2 Å². The molecular weight excluding hydrogens is 378 g/mol. The van der Waals surface area contributed by atoms with E-state index in [1.807, 2.05) is 38.1 Å². The summed E-state index contributed by atoms with van der Waals surface area (Å²) in [5, 5.41) is 1.38. The number of benzene rings is 2. The number of H-pyrrole nitrogens is 1. The number of rotatable bonds is 5. The fourth-order valence-corrected chi connectivity index (χ4v) is 3.65. The number of nitrogens with one attached hydrogen (secondary N) is 1. The number of ketones is 1. The molecule has 0 aliphatic heterocycles. The average Bonchev–Trinajstić information content (AvgIpc) is 2.77. The monoisotopic (exact) mass is 399 g/mol. The number of fused-ring (bicyclic) bond motifs is 2. The Kier molecular flexibility index (Phi) is 5.14. The lowest BCUT2D eigenvalue weighted by atomic mass is 9.96. The second-order valence-electron chi connectivity index (χ2n) is 6.98. The van der Waals surface area contributed by atoms with Crippen molar-refractivity contribution in [2.75, 3.05) is 13.1 Å². The summed E-state index contributed by atoms with van der Waals surface area (Å²) in [5.41, 5.74) is 1.38. The summed E-state index contributed by atoms with van der Waals surface area (Å²) in [6.07, 6.45) is 0. The summed E-state index contributed by atoms with van der Waals surface area (Å²) in [4.78, 5) is 47.9. The number of hydrogen-bond donors (Lipinski definition) is 1. The normalized spacial score (nSPS) is 11.0. The van der Waals surface area contributed by atoms with Gasteiger partial charge in [0.05, 0.1) is 11.1 Å². The first-order valence-corrected chi connectivity index (χ1v) is 9.89. The summed E-state index contributed by atoms with van der Waals surface area (Å²) in [5.74, 6) is -0.700. The third kappa shape index (κ3) is 3.37. The van der Waals surface area contributed by atoms with Crippen LogP contribution in [-0.4, -0.2) is 39.6 Å². The molecule has 0 bridgehead atoms. The Morgan fingerprint density at radius 2 is 1.63 bits per heavy atom. The van der Waals surface area contributed by atoms with Gasteiger partial charge in [-0.25, -0.2) is 4.98 Å². The lowest BCUT2D eigenvalue weighted by molar-refractivity contribution is 0.0763. The zero-order chi connectivity index (χ0) is 21.3. The van der Waals surface area contributed by atoms with Crippen LogP contribution in [-0.2, 0) is 0 Å². The number of amides is 1. The lowest BCUT2D eigenvalue weighted by Gasteiger charge is -2.20. The summed E-state index contributed by atoms with van der Waals surface area (Å²) in [6.45, 7) is 4.78. The van der Waals surface area contributed by atoms with Gasteiger partial charge in [0.1, 0.15) is 5.69 Å². The number of nitrogens with zero attached hydrogens (tertiary/aromatic N) is 2. The van der Waals surface area contributed by atoms with E-state index in [1.165, 1.54) is 6.07 Å². The molecule has 2 heterocycles. The minimum Gasteiger partial charge on any atom is -0.338 e. The second kappa shape index (κ2) is 7.91. The zero-order valence-corrected chi connectivity index (χ0v) is 16.8. The van der Waals surface area contributed by atoms with E-state index >= 15 is 0 Å². The highest BCUT2D eigenvalue weighted by Crippen LogP contribution is 2.24. The van der Waals surface area contributed by atoms with Crippen LogP contribution in [0.15, 0.2) is 65.5 Å². The minimum absolute atomic E-state index is 0.103. The molecule has 0 saturated heterocycles. The van der Waals surface area contributed by atoms with E-state index in [9.17, 15) is 14.4 Å². The van der Waals surface area contributed by atoms with Gasteiger partial charge in [-0.2, -0.15) is 0 Å². The molecule has 0 aliphatic rings. The highest BCUT2D eigenvalue weighted by atomic mass is 16.2. The molecule has 1 amide bonds. The van der Waals surface area contributed by atoms with Crippen LogP contribution >= 0.6 is 0 Å². The van der Waals surface area contributed by atoms with Crippen LogP contribution in [0.4, 0.5) is 0 Å². The van der Waals surface area contributed by atoms with Gasteiger partial charge in [-0.05, 0) is 32.0 Å². The topological polar surface area (TPSA) is 83.1 Å². The van der Waals surface area contributed by atoms with Crippen molar-refractivity contribution in [2.24, 2.45) is 0 Å². The summed E-state index contributed by atoms with van der Waals surface area (Å²) < 4.78 is 0. The van der Waals surface area contributed by atoms with E-state index in [0.717, 1.165) is 5.39 Å². The van der Waals surface area contributed by atoms with Crippen molar-refractivity contribution in [3.63, 3.8) is 0 Å². The molecule has 2 aromatic heterocycles. The molecule has 150 valence electrons. The van der Waals surface area contributed by atoms with Crippen molar-refractivity contribution in [1.29, 1.82) is 0 Å². The van der Waals surface area contributed by atoms with Crippen molar-refractivity contribution in [1.82, 2.24) is 14.9 Å². The first kappa shape index (κ1) is 19.5. The third-order valence-electron chi connectivity index (χ3n) is 5.22. The van der Waals surface area contributed by atoms with E-state index in [4.69, 9.17) is 0 Å². The molecule has 6 nitrogen and oxygen atoms in total. The average molecular weight is 399 g/mol. The molecule has 0 radical (unpaired) electrons. The van der Waals surface area contributed by atoms with Gasteiger partial charge in [-0.3, -0.25) is 14.4 Å². The van der Waals surface area contributed by atoms with Gasteiger partial charge in [0.25, 0.3) is 5.91 Å². The SMILES string of the molecule is CCN(CC)C(=O)c1nc2ccccc2cc1C(=O)c1cc(=O)[nH]c2ccccc12. The van der Waals surface area contributed by atoms with Gasteiger partial charge in [-0.1, -0.05) is 36.4 Å². The Morgan fingerprint density at radius 3 is 2.40 bits per heavy atom. The van der Waals surface area contributed by atoms with E-state index < -0.39 is 5.78 Å². The van der Waals surface area contributed by atoms with E-state index in [2.05, 4.69) is 9.97 Å². The molecule has 0 aliphatic carbocycles. The van der Waals surface area contributed by atoms with Gasteiger partial charge in [0.15, 0.2) is 5.78 Å². The van der Waals surface area contributed by atoms with Crippen LogP contribution in [0, 0.1) is 0 Å². The molecular formula is C24H21N3O3. The maximum atomic E-state index is 13.6. The Labute approximate surface area is 173 Å². The highest BCUT2D eigenvalue weighted by molar-refractivity contribution is 6.20. The second-order valence-corrected chi connectivity index (χ2v) is 6.98. The van der Waals surface area contributed by atoms with Crippen LogP contribution in [0.3, 0.4) is 0 Å². The van der Waals surface area contributed by atoms with Crippen LogP contribution in [0.2, 0.25) is 0 Å². The van der Waals surface area contributed by atoms with E-state index in [-0.39, 0.29) is 28.3 Å². The Hall–Kier alpha value is -3.80. The summed E-state index contributed by atoms with van der Waals surface area (Å²) in [7, 11) is 0. The Morgan fingerprint density at radius 1 is 0.933 bits per heavy atom. The predicted molar refractivity (Wildman–Crippen MR) is 117 cm³/mol. The molecule has 0 fully saturated rings. The number of aromatic amines is 1. The van der Waals surface area contributed by atoms with Crippen molar-refractivity contribution in [3.8, 4) is 0 Å². The molecule has 1 N–H and O–H groups in total. The molecule has 2 aromatic carbocycles. The minimum atomic E-state index is -0.397. The molecule has 4 rings (SSSR count). The van der Waals surface area contributed by atoms with Gasteiger partial charge in [0.2, 0.25) is 5.56 Å². The van der Waals surface area contributed by atoms with Gasteiger partial charge >= 0.3 is 0 Å². The first-order valence-electron chi connectivity index (χ1n) is 9.89. The Bertz CT molecular complexity index is 1340. The van der Waals surface area contributed by atoms with Crippen molar-refractivity contribution < 1.29 is 9.59 Å². The number of hydrogen-bond acceptors (Lipinski definition) is 4. The van der Waals surface area contributed by atoms with Crippen LogP contribution in [0.25, 0.3) is 21.8 Å². The van der Waals surface area contributed by atoms with Crippen LogP contribution in [0.5, 0.6) is 0 Å². The van der Waals surface area contributed by atoms with Crippen LogP contribution in [0.1, 0.15) is 40.3 Å². The zero-order valence-electron chi connectivity index (χ0n) is 16.8. The maximum Gasteiger partial charge on any atom is 0.273 e. The third-order valence-corrected chi connectivity index (χ3v) is 5.22. The first-order chi connectivity index (χ1) is 14.5. The number of pyridine rings is 2. The molecule has 0 atom stereocenters. The van der Waals surface area contributed by atoms with Gasteiger partial charge < -0.3 is 9.88 Å². The summed E-state index contributed by atoms with van der Waals surface area (Å²) >= 11 is 0. The standard InChI is InChI=1S/C24H21N3O3/c1-3-27(4-2)24(30)22-18(13-15-9-5-7-11-19(15)26-22)23(29)17-14-21(28)25-20-12-8-6-10-16(17)20/h5-14H,3-4H2,1-2H3,(H,25,28). The fourth-order valence-electron chi connectivity index (χ4n) is 3.65. The molecule has 4 aromatic rings. The quantitative estimate of drug-likeness (QED) is 0.518. The van der Waals surface area contributed by atoms with Gasteiger partial charge in [-0.15, -0.1) is 0 Å². The molecule has 30 heavy (non-hydrogen) atoms. The van der Waals surface area contributed by atoms with Crippen molar-refractivity contribution in [3.05, 3.63) is 87.8 Å². The maximum absolute atomic E-state index is 13.6. The smallest absolute Gasteiger partial charge is 0.273 e. The molecule has 6 heteroatoms. The number of aromatic nitrogens is 2. The molecule has 0 spiro atoms. The number of para-hydroxylation sites is 2. The summed E-state index contributed by atoms with van der Waals surface area (Å²) in [6, 6.07) is 17.4. The Balaban J connectivity index is 1.98. The molecule has 0 unspecified atom stereocenters. The van der Waals surface area contributed by atoms with Crippen LogP contribution < -0.4 is 5.56 Å². The highest BCUT2D eigenvalue weighted by Gasteiger charge is 2.25. The molecule has 0 saturated carbocycles. The van der Waals surface area contributed by atoms with Crippen molar-refractivity contribution >= 4 is 33.5 Å². The predicted octanol–water partition coefficient (Wildman–Crippen LogP) is 3.79. The number of carbonyl (C=O) groups is 2. The fraction of sp³-hybridized carbons (Fsp3) is 0.167. The van der Waals surface area contributed by atoms with Crippen molar-refractivity contribution in [2.45, 2.75) is 13.8 Å². The van der Waals surface area contributed by atoms with E-state index in [0.29, 0.717) is 29.5 Å². The largest absolute Gasteiger partial charge is 0.338 e. The lowest BCUT2D eigenvalue weighted by Crippen LogP contribution is -2.32. The number of carbonyl (C=O) groups excluding carboxylic acids is 2.